The van der Waals surface area contributed by atoms with Crippen molar-refractivity contribution in [1.29, 1.82) is 0 Å². The first-order chi connectivity index (χ1) is 11.4. The van der Waals surface area contributed by atoms with Crippen molar-refractivity contribution in [3.8, 4) is 11.1 Å². The third kappa shape index (κ3) is 5.54. The fraction of sp³-hybridized carbons (Fsp3) is 0.300. The molecule has 0 unspecified atom stereocenters. The van der Waals surface area contributed by atoms with Crippen LogP contribution in [0.1, 0.15) is 26.3 Å². The molecule has 4 nitrogen and oxygen atoms in total. The quantitative estimate of drug-likeness (QED) is 0.846. The van der Waals surface area contributed by atoms with Crippen molar-refractivity contribution in [3.63, 3.8) is 0 Å². The van der Waals surface area contributed by atoms with Gasteiger partial charge in [-0.15, -0.1) is 0 Å². The maximum Gasteiger partial charge on any atom is 0.408 e. The highest BCUT2D eigenvalue weighted by atomic mass is 16.6. The summed E-state index contributed by atoms with van der Waals surface area (Å²) in [6, 6.07) is 18.0. The number of ether oxygens (including phenoxy) is 1. The van der Waals surface area contributed by atoms with Crippen LogP contribution in [-0.2, 0) is 16.0 Å². The summed E-state index contributed by atoms with van der Waals surface area (Å²) in [5.74, 6) is 0. The van der Waals surface area contributed by atoms with Crippen LogP contribution >= 0.6 is 0 Å². The summed E-state index contributed by atoms with van der Waals surface area (Å²) in [6.07, 6.45) is -0.362. The first-order valence-corrected chi connectivity index (χ1v) is 7.96. The van der Waals surface area contributed by atoms with Gasteiger partial charge in [0.15, 0.2) is 12.4 Å². The van der Waals surface area contributed by atoms with E-state index < -0.39 is 17.7 Å². The average molecular weight is 325 g/mol. The molecule has 1 atom stereocenters. The number of hydrogen-bond donors (Lipinski definition) is 1. The van der Waals surface area contributed by atoms with Gasteiger partial charge in [0.25, 0.3) is 0 Å². The lowest BCUT2D eigenvalue weighted by molar-refractivity contribution is -0.115. The predicted molar refractivity (Wildman–Crippen MR) is 94.8 cm³/mol. The van der Waals surface area contributed by atoms with Gasteiger partial charge in [-0.1, -0.05) is 54.6 Å². The molecule has 2 aromatic rings. The smallest absolute Gasteiger partial charge is 0.408 e. The Morgan fingerprint density at radius 3 is 2.17 bits per heavy atom. The Kier molecular flexibility index (Phi) is 5.74. The Balaban J connectivity index is 1.98. The highest BCUT2D eigenvalue weighted by Crippen LogP contribution is 2.19. The summed E-state index contributed by atoms with van der Waals surface area (Å²) >= 11 is 0. The van der Waals surface area contributed by atoms with Crippen LogP contribution < -0.4 is 5.32 Å². The summed E-state index contributed by atoms with van der Waals surface area (Å²) in [4.78, 5) is 23.0. The van der Waals surface area contributed by atoms with Gasteiger partial charge in [-0.3, -0.25) is 4.79 Å². The van der Waals surface area contributed by atoms with E-state index in [1.54, 1.807) is 0 Å². The van der Waals surface area contributed by atoms with Crippen LogP contribution in [0, 0.1) is 0 Å². The molecule has 0 fully saturated rings. The molecule has 4 heteroatoms. The molecule has 0 saturated carbocycles. The second-order valence-corrected chi connectivity index (χ2v) is 6.72. The Bertz CT molecular complexity index is 672. The molecule has 2 rings (SSSR count). The third-order valence-electron chi connectivity index (χ3n) is 3.39. The van der Waals surface area contributed by atoms with Gasteiger partial charge in [0, 0.05) is 12.0 Å². The highest BCUT2D eigenvalue weighted by molar-refractivity contribution is 5.71. The van der Waals surface area contributed by atoms with E-state index in [1.165, 1.54) is 0 Å². The fourth-order valence-electron chi connectivity index (χ4n) is 2.29. The first-order valence-electron chi connectivity index (χ1n) is 7.96. The molecule has 1 N–H and O–H groups in total. The van der Waals surface area contributed by atoms with Crippen molar-refractivity contribution >= 4 is 12.4 Å². The SMILES string of the molecule is CC(C)(C)NC(=O)O[C@@H](C=O)Cc1ccc(-c2ccccc2)cc1. The number of amides is 1. The zero-order valence-electron chi connectivity index (χ0n) is 14.3. The van der Waals surface area contributed by atoms with E-state index in [0.29, 0.717) is 12.7 Å². The van der Waals surface area contributed by atoms with Crippen molar-refractivity contribution in [3.05, 3.63) is 60.2 Å². The Morgan fingerprint density at radius 1 is 1.04 bits per heavy atom. The van der Waals surface area contributed by atoms with E-state index in [2.05, 4.69) is 5.32 Å². The molecular weight excluding hydrogens is 302 g/mol. The normalized spacial score (nSPS) is 12.3. The van der Waals surface area contributed by atoms with Crippen LogP contribution in [-0.4, -0.2) is 24.0 Å². The van der Waals surface area contributed by atoms with E-state index in [4.69, 9.17) is 4.74 Å². The van der Waals surface area contributed by atoms with E-state index in [0.717, 1.165) is 16.7 Å². The number of benzene rings is 2. The van der Waals surface area contributed by atoms with Gasteiger partial charge in [0.05, 0.1) is 0 Å². The van der Waals surface area contributed by atoms with Gasteiger partial charge in [-0.25, -0.2) is 4.79 Å². The molecule has 0 saturated heterocycles. The topological polar surface area (TPSA) is 55.4 Å². The summed E-state index contributed by atoms with van der Waals surface area (Å²) < 4.78 is 5.18. The van der Waals surface area contributed by atoms with Crippen molar-refractivity contribution in [2.45, 2.75) is 38.8 Å². The van der Waals surface area contributed by atoms with Crippen molar-refractivity contribution in [1.82, 2.24) is 5.32 Å². The minimum atomic E-state index is -0.796. The maximum atomic E-state index is 11.8. The van der Waals surface area contributed by atoms with Gasteiger partial charge in [-0.2, -0.15) is 0 Å². The molecule has 0 aliphatic heterocycles. The largest absolute Gasteiger partial charge is 0.438 e. The van der Waals surface area contributed by atoms with Crippen LogP contribution in [0.5, 0.6) is 0 Å². The van der Waals surface area contributed by atoms with E-state index in [9.17, 15) is 9.59 Å². The minimum Gasteiger partial charge on any atom is -0.438 e. The number of aldehydes is 1. The minimum absolute atomic E-state index is 0.357. The van der Waals surface area contributed by atoms with Crippen molar-refractivity contribution in [2.24, 2.45) is 0 Å². The Morgan fingerprint density at radius 2 is 1.62 bits per heavy atom. The number of nitrogens with one attached hydrogen (secondary N) is 1. The maximum absolute atomic E-state index is 11.8. The van der Waals surface area contributed by atoms with Gasteiger partial charge >= 0.3 is 6.09 Å². The van der Waals surface area contributed by atoms with E-state index in [1.807, 2.05) is 75.4 Å². The first kappa shape index (κ1) is 17.7. The fourth-order valence-corrected chi connectivity index (χ4v) is 2.29. The van der Waals surface area contributed by atoms with Crippen molar-refractivity contribution < 1.29 is 14.3 Å². The summed E-state index contributed by atoms with van der Waals surface area (Å²) in [6.45, 7) is 5.56. The van der Waals surface area contributed by atoms with E-state index >= 15 is 0 Å². The highest BCUT2D eigenvalue weighted by Gasteiger charge is 2.19. The second kappa shape index (κ2) is 7.77. The zero-order chi connectivity index (χ0) is 17.6. The molecule has 1 amide bonds. The van der Waals surface area contributed by atoms with Gasteiger partial charge in [0.1, 0.15) is 0 Å². The summed E-state index contributed by atoms with van der Waals surface area (Å²) in [5, 5.41) is 2.68. The lowest BCUT2D eigenvalue weighted by atomic mass is 10.0. The summed E-state index contributed by atoms with van der Waals surface area (Å²) in [5.41, 5.74) is 2.78. The number of alkyl carbamates (subject to hydrolysis) is 1. The summed E-state index contributed by atoms with van der Waals surface area (Å²) in [7, 11) is 0. The lowest BCUT2D eigenvalue weighted by Gasteiger charge is -2.21. The molecule has 0 radical (unpaired) electrons. The number of rotatable bonds is 5. The Labute approximate surface area is 142 Å². The van der Waals surface area contributed by atoms with Gasteiger partial charge in [0.2, 0.25) is 0 Å². The molecular formula is C20H23NO3. The van der Waals surface area contributed by atoms with Crippen LogP contribution in [0.15, 0.2) is 54.6 Å². The Hall–Kier alpha value is -2.62. The van der Waals surface area contributed by atoms with E-state index in [-0.39, 0.29) is 0 Å². The molecule has 0 aromatic heterocycles. The van der Waals surface area contributed by atoms with Gasteiger partial charge in [-0.05, 0) is 37.5 Å². The molecule has 0 aliphatic rings. The molecule has 0 bridgehead atoms. The number of carbonyl (C=O) groups is 2. The zero-order valence-corrected chi connectivity index (χ0v) is 14.3. The van der Waals surface area contributed by atoms with Crippen LogP contribution in [0.4, 0.5) is 4.79 Å². The molecule has 0 spiro atoms. The molecule has 2 aromatic carbocycles. The van der Waals surface area contributed by atoms with Crippen LogP contribution in [0.25, 0.3) is 11.1 Å². The molecule has 0 aliphatic carbocycles. The van der Waals surface area contributed by atoms with Crippen molar-refractivity contribution in [2.75, 3.05) is 0 Å². The second-order valence-electron chi connectivity index (χ2n) is 6.72. The molecule has 0 heterocycles. The molecule has 126 valence electrons. The monoisotopic (exact) mass is 325 g/mol. The van der Waals surface area contributed by atoms with Crippen LogP contribution in [0.3, 0.4) is 0 Å². The number of carbonyl (C=O) groups excluding carboxylic acids is 2. The molecule has 24 heavy (non-hydrogen) atoms. The number of hydrogen-bond acceptors (Lipinski definition) is 3. The predicted octanol–water partition coefficient (Wildman–Crippen LogP) is 3.99. The van der Waals surface area contributed by atoms with Crippen LogP contribution in [0.2, 0.25) is 0 Å². The standard InChI is InChI=1S/C20H23NO3/c1-20(2,3)21-19(23)24-18(14-22)13-15-9-11-17(12-10-15)16-7-5-4-6-8-16/h4-12,14,18H,13H2,1-3H3,(H,21,23)/t18-/m1/s1. The lowest BCUT2D eigenvalue weighted by Crippen LogP contribution is -2.42. The third-order valence-corrected chi connectivity index (χ3v) is 3.39. The average Bonchev–Trinajstić information content (AvgIpc) is 2.54. The van der Waals surface area contributed by atoms with Gasteiger partial charge < -0.3 is 10.1 Å².